The van der Waals surface area contributed by atoms with Gasteiger partial charge in [0.25, 0.3) is 0 Å². The summed E-state index contributed by atoms with van der Waals surface area (Å²) >= 11 is 0. The lowest BCUT2D eigenvalue weighted by Gasteiger charge is -2.13. The molecule has 0 spiro atoms. The number of amides is 1. The first kappa shape index (κ1) is 15.4. The highest BCUT2D eigenvalue weighted by atomic mass is 32.3. The van der Waals surface area contributed by atoms with Gasteiger partial charge in [0, 0.05) is 0 Å². The second-order valence-corrected chi connectivity index (χ2v) is 5.60. The van der Waals surface area contributed by atoms with Gasteiger partial charge in [-0.2, -0.15) is 26.7 Å². The number of nitrogens with zero attached hydrogens (tertiary/aromatic N) is 2. The summed E-state index contributed by atoms with van der Waals surface area (Å²) in [5.41, 5.74) is 0.312. The van der Waals surface area contributed by atoms with Crippen molar-refractivity contribution in [3.05, 3.63) is 29.8 Å². The molecular formula is C11H8F4N2O3S. The summed E-state index contributed by atoms with van der Waals surface area (Å²) in [6.45, 7) is -1.49. The molecule has 2 rings (SSSR count). The zero-order chi connectivity index (χ0) is 15.8. The fraction of sp³-hybridized carbons (Fsp3) is 0.273. The summed E-state index contributed by atoms with van der Waals surface area (Å²) < 4.78 is 70.6. The van der Waals surface area contributed by atoms with Crippen molar-refractivity contribution in [1.82, 2.24) is 5.01 Å². The monoisotopic (exact) mass is 324 g/mol. The van der Waals surface area contributed by atoms with Crippen molar-refractivity contribution >= 4 is 21.8 Å². The largest absolute Gasteiger partial charge is 0.408 e. The Balaban J connectivity index is 2.23. The number of benzene rings is 1. The second kappa shape index (κ2) is 5.10. The maximum absolute atomic E-state index is 12.7. The van der Waals surface area contributed by atoms with E-state index < -0.39 is 33.7 Å². The van der Waals surface area contributed by atoms with Gasteiger partial charge in [-0.3, -0.25) is 4.79 Å². The highest BCUT2D eigenvalue weighted by Gasteiger charge is 2.36. The maximum atomic E-state index is 12.7. The standard InChI is InChI=1S/C11H8F4N2O3S/c12-11(13,14)6-17-10(18)5-9(16-17)7-1-3-8(4-2-7)21(15,19)20/h1-4H,5-6H2. The van der Waals surface area contributed by atoms with E-state index in [4.69, 9.17) is 0 Å². The van der Waals surface area contributed by atoms with Gasteiger partial charge < -0.3 is 0 Å². The van der Waals surface area contributed by atoms with Gasteiger partial charge in [0.15, 0.2) is 0 Å². The van der Waals surface area contributed by atoms with Crippen molar-refractivity contribution in [3.63, 3.8) is 0 Å². The van der Waals surface area contributed by atoms with E-state index in [0.717, 1.165) is 12.1 Å². The zero-order valence-corrected chi connectivity index (χ0v) is 11.1. The summed E-state index contributed by atoms with van der Waals surface area (Å²) in [4.78, 5) is 10.8. The number of alkyl halides is 3. The predicted octanol–water partition coefficient (Wildman–Crippen LogP) is 1.84. The quantitative estimate of drug-likeness (QED) is 0.629. The highest BCUT2D eigenvalue weighted by Crippen LogP contribution is 2.22. The molecule has 0 saturated heterocycles. The molecule has 1 aliphatic rings. The summed E-state index contributed by atoms with van der Waals surface area (Å²) in [6, 6.07) is 4.25. The van der Waals surface area contributed by atoms with Crippen LogP contribution >= 0.6 is 0 Å². The first-order valence-corrected chi connectivity index (χ1v) is 6.94. The number of hydrogen-bond donors (Lipinski definition) is 0. The molecule has 1 aromatic rings. The Hall–Kier alpha value is -1.97. The maximum Gasteiger partial charge on any atom is 0.408 e. The van der Waals surface area contributed by atoms with Gasteiger partial charge in [0.2, 0.25) is 5.91 Å². The molecule has 0 bridgehead atoms. The van der Waals surface area contributed by atoms with Crippen LogP contribution in [0.3, 0.4) is 0 Å². The van der Waals surface area contributed by atoms with E-state index in [2.05, 4.69) is 5.10 Å². The van der Waals surface area contributed by atoms with Crippen LogP contribution in [0.5, 0.6) is 0 Å². The first-order valence-electron chi connectivity index (χ1n) is 5.56. The Morgan fingerprint density at radius 1 is 1.19 bits per heavy atom. The topological polar surface area (TPSA) is 66.8 Å². The van der Waals surface area contributed by atoms with Gasteiger partial charge in [-0.05, 0) is 17.7 Å². The number of halogens is 4. The van der Waals surface area contributed by atoms with Crippen molar-refractivity contribution in [2.75, 3.05) is 6.54 Å². The number of hydrazone groups is 1. The summed E-state index contributed by atoms with van der Waals surface area (Å²) in [7, 11) is -4.85. The lowest BCUT2D eigenvalue weighted by molar-refractivity contribution is -0.159. The van der Waals surface area contributed by atoms with Crippen LogP contribution in [0.2, 0.25) is 0 Å². The van der Waals surface area contributed by atoms with Gasteiger partial charge >= 0.3 is 16.4 Å². The third-order valence-electron chi connectivity index (χ3n) is 2.65. The van der Waals surface area contributed by atoms with E-state index in [1.54, 1.807) is 0 Å². The minimum absolute atomic E-state index is 0.0621. The molecule has 1 aliphatic heterocycles. The van der Waals surface area contributed by atoms with Gasteiger partial charge in [-0.25, -0.2) is 5.01 Å². The molecule has 0 saturated carbocycles. The average molecular weight is 324 g/mol. The molecule has 0 aromatic heterocycles. The molecule has 21 heavy (non-hydrogen) atoms. The normalized spacial score (nSPS) is 16.3. The minimum atomic E-state index is -4.85. The fourth-order valence-corrected chi connectivity index (χ4v) is 2.20. The van der Waals surface area contributed by atoms with E-state index in [1.807, 2.05) is 0 Å². The molecule has 0 fully saturated rings. The molecule has 0 N–H and O–H groups in total. The molecule has 1 amide bonds. The van der Waals surface area contributed by atoms with Gasteiger partial charge in [0.1, 0.15) is 6.54 Å². The van der Waals surface area contributed by atoms with Gasteiger partial charge in [0.05, 0.1) is 17.0 Å². The summed E-state index contributed by atoms with van der Waals surface area (Å²) in [5, 5.41) is 3.85. The van der Waals surface area contributed by atoms with Crippen molar-refractivity contribution in [3.8, 4) is 0 Å². The lowest BCUT2D eigenvalue weighted by atomic mass is 10.1. The number of carbonyl (C=O) groups excluding carboxylic acids is 1. The van der Waals surface area contributed by atoms with Crippen LogP contribution in [0.4, 0.5) is 17.1 Å². The predicted molar refractivity (Wildman–Crippen MR) is 63.7 cm³/mol. The van der Waals surface area contributed by atoms with Crippen LogP contribution in [0, 0.1) is 0 Å². The van der Waals surface area contributed by atoms with E-state index in [-0.39, 0.29) is 17.7 Å². The summed E-state index contributed by atoms with van der Waals surface area (Å²) in [6.07, 6.45) is -4.90. The van der Waals surface area contributed by atoms with Crippen molar-refractivity contribution in [2.45, 2.75) is 17.5 Å². The van der Waals surface area contributed by atoms with Crippen LogP contribution in [-0.2, 0) is 15.0 Å². The van der Waals surface area contributed by atoms with Crippen LogP contribution in [0.25, 0.3) is 0 Å². The summed E-state index contributed by atoms with van der Waals surface area (Å²) in [5.74, 6) is -0.815. The molecule has 0 aliphatic carbocycles. The Morgan fingerprint density at radius 2 is 1.76 bits per heavy atom. The van der Waals surface area contributed by atoms with Crippen molar-refractivity contribution in [2.24, 2.45) is 5.10 Å². The Morgan fingerprint density at radius 3 is 2.24 bits per heavy atom. The van der Waals surface area contributed by atoms with Crippen molar-refractivity contribution in [1.29, 1.82) is 0 Å². The number of rotatable bonds is 3. The third kappa shape index (κ3) is 3.78. The van der Waals surface area contributed by atoms with Crippen LogP contribution in [0.15, 0.2) is 34.3 Å². The van der Waals surface area contributed by atoms with Gasteiger partial charge in [-0.1, -0.05) is 12.1 Å². The van der Waals surface area contributed by atoms with Crippen molar-refractivity contribution < 1.29 is 30.3 Å². The zero-order valence-electron chi connectivity index (χ0n) is 10.3. The highest BCUT2D eigenvalue weighted by molar-refractivity contribution is 7.86. The smallest absolute Gasteiger partial charge is 0.273 e. The molecule has 5 nitrogen and oxygen atoms in total. The minimum Gasteiger partial charge on any atom is -0.273 e. The van der Waals surface area contributed by atoms with Gasteiger partial charge in [-0.15, -0.1) is 3.89 Å². The second-order valence-electron chi connectivity index (χ2n) is 4.25. The van der Waals surface area contributed by atoms with Crippen LogP contribution in [-0.4, -0.2) is 37.8 Å². The Bertz CT molecular complexity index is 695. The average Bonchev–Trinajstić information content (AvgIpc) is 2.68. The molecule has 1 aromatic carbocycles. The van der Waals surface area contributed by atoms with E-state index >= 15 is 0 Å². The first-order chi connectivity index (χ1) is 9.56. The Kier molecular flexibility index (Phi) is 3.74. The molecular weight excluding hydrogens is 316 g/mol. The lowest BCUT2D eigenvalue weighted by Crippen LogP contribution is -2.32. The van der Waals surface area contributed by atoms with E-state index in [1.165, 1.54) is 12.1 Å². The Labute approximate surface area is 117 Å². The number of hydrogen-bond acceptors (Lipinski definition) is 4. The SMILES string of the molecule is O=C1CC(c2ccc(S(=O)(=O)F)cc2)=NN1CC(F)(F)F. The molecule has 10 heteroatoms. The fourth-order valence-electron chi connectivity index (χ4n) is 1.73. The number of carbonyl (C=O) groups is 1. The third-order valence-corrected chi connectivity index (χ3v) is 3.48. The molecule has 1 heterocycles. The van der Waals surface area contributed by atoms with Crippen LogP contribution < -0.4 is 0 Å². The molecule has 0 atom stereocenters. The molecule has 0 unspecified atom stereocenters. The molecule has 0 radical (unpaired) electrons. The van der Waals surface area contributed by atoms with Crippen LogP contribution in [0.1, 0.15) is 12.0 Å². The van der Waals surface area contributed by atoms with E-state index in [0.29, 0.717) is 5.01 Å². The molecule has 114 valence electrons. The van der Waals surface area contributed by atoms with E-state index in [9.17, 15) is 30.3 Å².